The summed E-state index contributed by atoms with van der Waals surface area (Å²) < 4.78 is 26.7. The van der Waals surface area contributed by atoms with Gasteiger partial charge in [-0.1, -0.05) is 0 Å². The van der Waals surface area contributed by atoms with E-state index in [0.717, 1.165) is 13.1 Å². The molecule has 106 valence electrons. The average Bonchev–Trinajstić information content (AvgIpc) is 2.90. The molecule has 1 aliphatic heterocycles. The minimum atomic E-state index is -3.50. The fourth-order valence-corrected chi connectivity index (χ4v) is 3.24. The van der Waals surface area contributed by atoms with Crippen LogP contribution in [0.25, 0.3) is 0 Å². The number of rotatable bonds is 5. The molecule has 0 aliphatic carbocycles. The van der Waals surface area contributed by atoms with E-state index in [4.69, 9.17) is 5.73 Å². The summed E-state index contributed by atoms with van der Waals surface area (Å²) in [6.07, 6.45) is 3.66. The van der Waals surface area contributed by atoms with Gasteiger partial charge in [0.15, 0.2) is 0 Å². The van der Waals surface area contributed by atoms with Crippen molar-refractivity contribution in [3.8, 4) is 0 Å². The predicted molar refractivity (Wildman–Crippen MR) is 74.1 cm³/mol. The van der Waals surface area contributed by atoms with Gasteiger partial charge in [-0.15, -0.1) is 0 Å². The van der Waals surface area contributed by atoms with E-state index in [2.05, 4.69) is 14.6 Å². The summed E-state index contributed by atoms with van der Waals surface area (Å²) >= 11 is 0. The Balaban J connectivity index is 1.95. The Labute approximate surface area is 114 Å². The summed E-state index contributed by atoms with van der Waals surface area (Å²) in [4.78, 5) is 6.24. The minimum absolute atomic E-state index is 0.148. The molecule has 2 rings (SSSR count). The van der Waals surface area contributed by atoms with Gasteiger partial charge in [0.05, 0.1) is 0 Å². The number of nitrogens with zero attached hydrogens (tertiary/aromatic N) is 2. The number of nitrogen functional groups attached to an aromatic ring is 1. The van der Waals surface area contributed by atoms with E-state index in [-0.39, 0.29) is 10.9 Å². The highest BCUT2D eigenvalue weighted by molar-refractivity contribution is 7.89. The Kier molecular flexibility index (Phi) is 4.38. The average molecular weight is 284 g/mol. The van der Waals surface area contributed by atoms with E-state index in [1.54, 1.807) is 0 Å². The number of likely N-dealkylation sites (tertiary alicyclic amines) is 1. The van der Waals surface area contributed by atoms with Crippen LogP contribution < -0.4 is 10.5 Å². The summed E-state index contributed by atoms with van der Waals surface area (Å²) in [5.41, 5.74) is 5.44. The first-order valence-corrected chi connectivity index (χ1v) is 7.92. The van der Waals surface area contributed by atoms with Crippen molar-refractivity contribution in [3.63, 3.8) is 0 Å². The van der Waals surface area contributed by atoms with E-state index in [0.29, 0.717) is 12.4 Å². The predicted octanol–water partition coefficient (Wildman–Crippen LogP) is 0.426. The molecule has 0 radical (unpaired) electrons. The van der Waals surface area contributed by atoms with Gasteiger partial charge in [0.25, 0.3) is 0 Å². The maximum atomic E-state index is 12.1. The normalized spacial score (nSPS) is 18.6. The number of hydrogen-bond acceptors (Lipinski definition) is 5. The first-order chi connectivity index (χ1) is 8.99. The second-order valence-corrected chi connectivity index (χ2v) is 6.63. The molecule has 0 spiro atoms. The van der Waals surface area contributed by atoms with Crippen LogP contribution in [0.1, 0.15) is 19.8 Å². The molecule has 7 heteroatoms. The first-order valence-electron chi connectivity index (χ1n) is 6.44. The molecule has 1 unspecified atom stereocenters. The lowest BCUT2D eigenvalue weighted by atomic mass is 10.3. The fraction of sp³-hybridized carbons (Fsp3) is 0.583. The van der Waals surface area contributed by atoms with Crippen molar-refractivity contribution in [2.24, 2.45) is 0 Å². The van der Waals surface area contributed by atoms with E-state index in [9.17, 15) is 8.42 Å². The number of nitrogens with one attached hydrogen (secondary N) is 1. The quantitative estimate of drug-likeness (QED) is 0.818. The number of sulfonamides is 1. The molecule has 0 aromatic carbocycles. The Hall–Kier alpha value is -1.18. The van der Waals surface area contributed by atoms with Gasteiger partial charge in [-0.05, 0) is 45.0 Å². The van der Waals surface area contributed by atoms with Crippen molar-refractivity contribution >= 4 is 15.8 Å². The number of anilines is 1. The molecule has 0 saturated carbocycles. The molecule has 0 bridgehead atoms. The lowest BCUT2D eigenvalue weighted by molar-refractivity contribution is 0.260. The molecule has 1 fully saturated rings. The van der Waals surface area contributed by atoms with Crippen LogP contribution in [-0.2, 0) is 10.0 Å². The zero-order valence-corrected chi connectivity index (χ0v) is 11.9. The van der Waals surface area contributed by atoms with Gasteiger partial charge in [0.2, 0.25) is 10.0 Å². The maximum Gasteiger partial charge on any atom is 0.242 e. The number of nitrogens with two attached hydrogens (primary N) is 1. The van der Waals surface area contributed by atoms with Gasteiger partial charge in [0.1, 0.15) is 10.7 Å². The monoisotopic (exact) mass is 284 g/mol. The van der Waals surface area contributed by atoms with Gasteiger partial charge in [-0.3, -0.25) is 4.90 Å². The molecule has 1 atom stereocenters. The SMILES string of the molecule is CC(CNS(=O)(=O)c1ccc(N)nc1)N1CCCC1. The van der Waals surface area contributed by atoms with Crippen LogP contribution in [0.2, 0.25) is 0 Å². The number of pyridine rings is 1. The third-order valence-corrected chi connectivity index (χ3v) is 4.81. The van der Waals surface area contributed by atoms with Crippen LogP contribution in [0.3, 0.4) is 0 Å². The Morgan fingerprint density at radius 2 is 2.11 bits per heavy atom. The van der Waals surface area contributed by atoms with Gasteiger partial charge in [-0.25, -0.2) is 18.1 Å². The number of aromatic nitrogens is 1. The largest absolute Gasteiger partial charge is 0.384 e. The zero-order valence-electron chi connectivity index (χ0n) is 11.0. The highest BCUT2D eigenvalue weighted by Crippen LogP contribution is 2.12. The summed E-state index contributed by atoms with van der Waals surface area (Å²) in [6.45, 7) is 4.54. The molecule has 3 N–H and O–H groups in total. The topological polar surface area (TPSA) is 88.3 Å². The van der Waals surface area contributed by atoms with Crippen LogP contribution in [0.4, 0.5) is 5.82 Å². The molecular formula is C12H20N4O2S. The van der Waals surface area contributed by atoms with E-state index < -0.39 is 10.0 Å². The summed E-state index contributed by atoms with van der Waals surface area (Å²) in [5, 5.41) is 0. The van der Waals surface area contributed by atoms with Crippen molar-refractivity contribution in [2.45, 2.75) is 30.7 Å². The molecule has 1 aromatic rings. The molecular weight excluding hydrogens is 264 g/mol. The van der Waals surface area contributed by atoms with E-state index in [1.807, 2.05) is 6.92 Å². The van der Waals surface area contributed by atoms with Crippen LogP contribution >= 0.6 is 0 Å². The fourth-order valence-electron chi connectivity index (χ4n) is 2.18. The van der Waals surface area contributed by atoms with E-state index in [1.165, 1.54) is 31.2 Å². The van der Waals surface area contributed by atoms with Crippen LogP contribution in [0, 0.1) is 0 Å². The lowest BCUT2D eigenvalue weighted by Crippen LogP contribution is -2.40. The molecule has 1 aromatic heterocycles. The minimum Gasteiger partial charge on any atom is -0.384 e. The summed E-state index contributed by atoms with van der Waals surface area (Å²) in [5.74, 6) is 0.310. The highest BCUT2D eigenvalue weighted by Gasteiger charge is 2.21. The maximum absolute atomic E-state index is 12.1. The van der Waals surface area contributed by atoms with Crippen molar-refractivity contribution in [1.29, 1.82) is 0 Å². The van der Waals surface area contributed by atoms with Crippen LogP contribution in [-0.4, -0.2) is 44.0 Å². The standard InChI is InChI=1S/C12H20N4O2S/c1-10(16-6-2-3-7-16)8-15-19(17,18)11-4-5-12(13)14-9-11/h4-5,9-10,15H,2-3,6-8H2,1H3,(H2,13,14). The van der Waals surface area contributed by atoms with Gasteiger partial charge < -0.3 is 5.73 Å². The molecule has 19 heavy (non-hydrogen) atoms. The molecule has 1 saturated heterocycles. The molecule has 1 aliphatic rings. The van der Waals surface area contributed by atoms with Crippen molar-refractivity contribution in [3.05, 3.63) is 18.3 Å². The Morgan fingerprint density at radius 1 is 1.42 bits per heavy atom. The molecule has 6 nitrogen and oxygen atoms in total. The van der Waals surface area contributed by atoms with Gasteiger partial charge in [-0.2, -0.15) is 0 Å². The third kappa shape index (κ3) is 3.65. The second-order valence-electron chi connectivity index (χ2n) is 4.86. The molecule has 0 amide bonds. The van der Waals surface area contributed by atoms with Gasteiger partial charge in [0, 0.05) is 18.8 Å². The summed E-state index contributed by atoms with van der Waals surface area (Å²) in [6, 6.07) is 3.16. The van der Waals surface area contributed by atoms with E-state index >= 15 is 0 Å². The number of hydrogen-bond donors (Lipinski definition) is 2. The van der Waals surface area contributed by atoms with Crippen molar-refractivity contribution in [1.82, 2.24) is 14.6 Å². The van der Waals surface area contributed by atoms with Crippen molar-refractivity contribution in [2.75, 3.05) is 25.4 Å². The lowest BCUT2D eigenvalue weighted by Gasteiger charge is -2.23. The second kappa shape index (κ2) is 5.85. The third-order valence-electron chi connectivity index (χ3n) is 3.40. The summed E-state index contributed by atoms with van der Waals surface area (Å²) in [7, 11) is -3.50. The van der Waals surface area contributed by atoms with Crippen LogP contribution in [0.15, 0.2) is 23.2 Å². The van der Waals surface area contributed by atoms with Gasteiger partial charge >= 0.3 is 0 Å². The Bertz CT molecular complexity index is 509. The zero-order chi connectivity index (χ0) is 13.9. The first kappa shape index (κ1) is 14.2. The Morgan fingerprint density at radius 3 is 2.68 bits per heavy atom. The van der Waals surface area contributed by atoms with Crippen molar-refractivity contribution < 1.29 is 8.42 Å². The smallest absolute Gasteiger partial charge is 0.242 e. The molecule has 2 heterocycles. The highest BCUT2D eigenvalue weighted by atomic mass is 32.2. The van der Waals surface area contributed by atoms with Crippen LogP contribution in [0.5, 0.6) is 0 Å².